The lowest BCUT2D eigenvalue weighted by atomic mass is 9.92. The molecule has 6 rings (SSSR count). The van der Waals surface area contributed by atoms with Gasteiger partial charge in [0.15, 0.2) is 18.9 Å². The molecular formula is C67H123N4O35P3. The highest BCUT2D eigenvalue weighted by Crippen LogP contribution is 2.48. The molecule has 636 valence electrons. The van der Waals surface area contributed by atoms with Gasteiger partial charge in [-0.05, 0) is 96.3 Å². The Morgan fingerprint density at radius 2 is 0.725 bits per heavy atom. The van der Waals surface area contributed by atoms with Crippen LogP contribution in [0.15, 0.2) is 0 Å². The number of nitrogens with one attached hydrogen (secondary N) is 1. The van der Waals surface area contributed by atoms with Gasteiger partial charge in [0, 0.05) is 124 Å². The smallest absolute Gasteiger partial charge is 0.394 e. The number of piperidine rings is 3. The minimum absolute atomic E-state index is 0.0228. The summed E-state index contributed by atoms with van der Waals surface area (Å²) in [6.45, 7) is 4.54. The topological polar surface area (TPSA) is 532 Å². The van der Waals surface area contributed by atoms with E-state index in [9.17, 15) is 93.5 Å². The van der Waals surface area contributed by atoms with Gasteiger partial charge in [-0.25, -0.2) is 13.7 Å². The number of hydrogen-bond donors (Lipinski definition) is 13. The number of unbranched alkanes of at least 4 members (excludes halogenated alkanes) is 3. The van der Waals surface area contributed by atoms with Gasteiger partial charge >= 0.3 is 23.5 Å². The van der Waals surface area contributed by atoms with E-state index in [0.29, 0.717) is 90.4 Å². The van der Waals surface area contributed by atoms with Gasteiger partial charge in [-0.3, -0.25) is 46.3 Å². The fourth-order valence-corrected chi connectivity index (χ4v) is 16.4. The third-order valence-corrected chi connectivity index (χ3v) is 23.0. The van der Waals surface area contributed by atoms with E-state index >= 15 is 0 Å². The van der Waals surface area contributed by atoms with Gasteiger partial charge in [0.1, 0.15) is 48.8 Å². The van der Waals surface area contributed by atoms with Crippen LogP contribution in [0.4, 0.5) is 0 Å². The number of aliphatic hydroxyl groups is 9. The number of phosphoric ester groups is 3. The van der Waals surface area contributed by atoms with Crippen LogP contribution in [0.3, 0.4) is 0 Å². The van der Waals surface area contributed by atoms with Gasteiger partial charge in [0.25, 0.3) is 0 Å². The number of hydrogen-bond acceptors (Lipinski definition) is 32. The van der Waals surface area contributed by atoms with E-state index in [4.69, 9.17) is 74.5 Å². The minimum Gasteiger partial charge on any atom is -0.394 e. The van der Waals surface area contributed by atoms with Crippen molar-refractivity contribution in [1.82, 2.24) is 20.0 Å². The average Bonchev–Trinajstić information content (AvgIpc) is 0.817. The SMILES string of the molecule is COCC(COCCCOP(=O)(O)OC1CCN(C(=O)CCCCO[C@@H]2OC(CO)[C@H](O)[C@H](O)C2C)CC1)(COCCCOP(=O)(O)OC1CCN(C(=O)CCCCO[C@@H]2OC(CO)[C@H](O)[C@H](O)C2C)CC1)COCCCOP(=O)(O)OC1CCN(C(=O)CCCCO[C@@H]2OC(CO)[C@H](O)[C@H](O)C2NC(C)=O)CC1. The van der Waals surface area contributed by atoms with Gasteiger partial charge in [-0.2, -0.15) is 0 Å². The molecule has 42 heteroatoms. The standard InChI is InChI=1S/C67H123N4O35P3/c1-45-58(79)60(81)51(38-72)101-64(45)95-32-8-5-14-54(76)69-23-17-48(18-24-69)104-107(85,86)98-35-11-29-92-42-67(41-91-4,43-93-30-12-36-99-108(87,88)105-49-19-25-70(26-20-49)55(77)15-6-9-33-96-65-46(2)59(80)61(82)52(39-73)102-65)44-94-31-13-37-100-109(89,90)106-50-21-27-71(28-22-50)56(78)16-7-10-34-97-66-57(68-47(3)75)63(84)62(83)53(40-74)103-66/h45-46,48-53,57-66,72-74,79-84H,5-44H2,1-4H3,(H,68,75)(H,85,86)(H,87,88)(H,89,90)/t45?,46?,51?,52?,53?,57?,58-,59-,60+,61+,62+,63-,64-,65-,66-,67?/m1/s1. The van der Waals surface area contributed by atoms with Crippen molar-refractivity contribution in [1.29, 1.82) is 0 Å². The molecule has 0 aromatic carbocycles. The van der Waals surface area contributed by atoms with Crippen LogP contribution in [-0.4, -0.2) is 349 Å². The molecule has 13 N–H and O–H groups in total. The van der Waals surface area contributed by atoms with Gasteiger partial charge in [0.2, 0.25) is 23.6 Å². The maximum Gasteiger partial charge on any atom is 0.472 e. The van der Waals surface area contributed by atoms with Crippen LogP contribution in [0.1, 0.15) is 136 Å². The predicted octanol–water partition coefficient (Wildman–Crippen LogP) is -0.132. The number of aliphatic hydroxyl groups excluding tert-OH is 9. The van der Waals surface area contributed by atoms with E-state index in [2.05, 4.69) is 5.32 Å². The highest BCUT2D eigenvalue weighted by molar-refractivity contribution is 7.48. The van der Waals surface area contributed by atoms with Crippen LogP contribution in [0.5, 0.6) is 0 Å². The van der Waals surface area contributed by atoms with E-state index in [1.165, 1.54) is 14.0 Å². The fraction of sp³-hybridized carbons (Fsp3) is 0.940. The number of carbonyl (C=O) groups is 4. The van der Waals surface area contributed by atoms with Crippen molar-refractivity contribution >= 4 is 47.1 Å². The van der Waals surface area contributed by atoms with Crippen LogP contribution in [-0.2, 0) is 107 Å². The highest BCUT2D eigenvalue weighted by atomic mass is 31.2. The Balaban J connectivity index is 0.883. The van der Waals surface area contributed by atoms with Crippen molar-refractivity contribution in [2.24, 2.45) is 17.3 Å². The predicted molar refractivity (Wildman–Crippen MR) is 379 cm³/mol. The molecule has 0 saturated carbocycles. The van der Waals surface area contributed by atoms with Crippen LogP contribution >= 0.6 is 23.5 Å². The van der Waals surface area contributed by atoms with Crippen LogP contribution in [0.25, 0.3) is 0 Å². The first kappa shape index (κ1) is 95.3. The van der Waals surface area contributed by atoms with Gasteiger partial charge in [-0.15, -0.1) is 0 Å². The van der Waals surface area contributed by atoms with Crippen molar-refractivity contribution in [2.45, 2.75) is 235 Å². The summed E-state index contributed by atoms with van der Waals surface area (Å²) in [5.41, 5.74) is -0.999. The van der Waals surface area contributed by atoms with Gasteiger partial charge in [0.05, 0.1) is 102 Å². The largest absolute Gasteiger partial charge is 0.472 e. The average molecular weight is 1640 g/mol. The van der Waals surface area contributed by atoms with E-state index in [0.717, 1.165) is 0 Å². The number of amides is 4. The molecule has 6 aliphatic heterocycles. The van der Waals surface area contributed by atoms with Gasteiger partial charge < -0.3 is 128 Å². The van der Waals surface area contributed by atoms with E-state index in [1.807, 2.05) is 0 Å². The summed E-state index contributed by atoms with van der Waals surface area (Å²) in [7, 11) is -12.2. The summed E-state index contributed by atoms with van der Waals surface area (Å²) < 4.78 is 129. The summed E-state index contributed by atoms with van der Waals surface area (Å²) in [5.74, 6) is -1.92. The Kier molecular flexibility index (Phi) is 42.7. The zero-order chi connectivity index (χ0) is 79.7. The molecule has 6 saturated heterocycles. The lowest BCUT2D eigenvalue weighted by Crippen LogP contribution is -2.64. The molecule has 0 aromatic rings. The quantitative estimate of drug-likeness (QED) is 0.0279. The molecule has 9 unspecified atom stereocenters. The number of methoxy groups -OCH3 is 1. The Morgan fingerprint density at radius 1 is 0.422 bits per heavy atom. The molecule has 6 aliphatic rings. The summed E-state index contributed by atoms with van der Waals surface area (Å²) in [5, 5.41) is 92.5. The summed E-state index contributed by atoms with van der Waals surface area (Å²) >= 11 is 0. The second kappa shape index (κ2) is 48.9. The van der Waals surface area contributed by atoms with Crippen molar-refractivity contribution < 1.29 is 168 Å². The molecule has 0 spiro atoms. The zero-order valence-electron chi connectivity index (χ0n) is 63.1. The molecule has 4 amide bonds. The first-order valence-electron chi connectivity index (χ1n) is 38.0. The highest BCUT2D eigenvalue weighted by Gasteiger charge is 2.47. The summed E-state index contributed by atoms with van der Waals surface area (Å²) in [6, 6.07) is -1.09. The monoisotopic (exact) mass is 1640 g/mol. The molecule has 0 bridgehead atoms. The number of ether oxygens (including phenoxy) is 10. The second-order valence-electron chi connectivity index (χ2n) is 28.7. The third-order valence-electron chi connectivity index (χ3n) is 19.8. The Labute approximate surface area is 636 Å². The fourth-order valence-electron chi connectivity index (χ4n) is 13.4. The van der Waals surface area contributed by atoms with E-state index < -0.39 is 165 Å². The second-order valence-corrected chi connectivity index (χ2v) is 32.9. The molecule has 0 radical (unpaired) electrons. The van der Waals surface area contributed by atoms with Crippen LogP contribution < -0.4 is 5.32 Å². The van der Waals surface area contributed by atoms with Crippen LogP contribution in [0, 0.1) is 17.3 Å². The molecule has 0 aromatic heterocycles. The van der Waals surface area contributed by atoms with E-state index in [-0.39, 0.29) is 168 Å². The van der Waals surface area contributed by atoms with Crippen molar-refractivity contribution in [3.05, 3.63) is 0 Å². The molecule has 18 atom stereocenters. The van der Waals surface area contributed by atoms with Crippen molar-refractivity contribution in [3.63, 3.8) is 0 Å². The lowest BCUT2D eigenvalue weighted by molar-refractivity contribution is -0.282. The van der Waals surface area contributed by atoms with Crippen molar-refractivity contribution in [2.75, 3.05) is 152 Å². The Bertz CT molecular complexity index is 2660. The summed E-state index contributed by atoms with van der Waals surface area (Å²) in [4.78, 5) is 87.7. The number of nitrogens with zero attached hydrogens (tertiary/aromatic N) is 3. The molecule has 0 aliphatic carbocycles. The zero-order valence-corrected chi connectivity index (χ0v) is 65.8. The number of likely N-dealkylation sites (tertiary alicyclic amines) is 3. The minimum atomic E-state index is -4.56. The third kappa shape index (κ3) is 32.8. The van der Waals surface area contributed by atoms with Gasteiger partial charge in [-0.1, -0.05) is 13.8 Å². The molecular weight excluding hydrogens is 1510 g/mol. The Morgan fingerprint density at radius 3 is 1.03 bits per heavy atom. The molecule has 6 heterocycles. The van der Waals surface area contributed by atoms with Crippen molar-refractivity contribution in [3.8, 4) is 0 Å². The number of phosphoric acid groups is 3. The number of carbonyl (C=O) groups excluding carboxylic acids is 4. The lowest BCUT2D eigenvalue weighted by Gasteiger charge is -2.42. The Hall–Kier alpha value is -2.55. The van der Waals surface area contributed by atoms with Crippen LogP contribution in [0.2, 0.25) is 0 Å². The maximum absolute atomic E-state index is 13.1. The maximum atomic E-state index is 13.1. The first-order chi connectivity index (χ1) is 51.9. The summed E-state index contributed by atoms with van der Waals surface area (Å²) in [6.07, 6.45) is -9.99. The van der Waals surface area contributed by atoms with E-state index in [1.54, 1.807) is 28.5 Å². The molecule has 6 fully saturated rings. The number of rotatable bonds is 51. The normalized spacial score (nSPS) is 30.0. The molecule has 39 nitrogen and oxygen atoms in total. The first-order valence-corrected chi connectivity index (χ1v) is 42.4. The molecule has 109 heavy (non-hydrogen) atoms.